The average molecular weight is 186 g/mol. The second kappa shape index (κ2) is 16.2. The maximum atomic E-state index is 10.1. The second-order valence-corrected chi connectivity index (χ2v) is 2.45. The van der Waals surface area contributed by atoms with Crippen molar-refractivity contribution >= 4 is 27.8 Å². The van der Waals surface area contributed by atoms with E-state index in [1.165, 1.54) is 0 Å². The standard InChI is InChI=1S/C4H8OSi.2CHNO/c1-3(2)4(5)6;2*2-1-3/h1H2,2,6H3;2*2H. The van der Waals surface area contributed by atoms with Crippen LogP contribution in [0, 0.1) is 10.8 Å². The third kappa shape index (κ3) is 80.3. The Bertz CT molecular complexity index is 189. The Morgan fingerprint density at radius 3 is 1.42 bits per heavy atom. The molecular weight excluding hydrogens is 176 g/mol. The molecule has 0 saturated carbocycles. The molecule has 12 heavy (non-hydrogen) atoms. The molecular formula is C6H10N2O3Si. The van der Waals surface area contributed by atoms with Crippen LogP contribution < -0.4 is 0 Å². The van der Waals surface area contributed by atoms with Gasteiger partial charge in [0.2, 0.25) is 12.2 Å². The average Bonchev–Trinajstić information content (AvgIpc) is 1.90. The van der Waals surface area contributed by atoms with Crippen LogP contribution in [-0.2, 0) is 14.4 Å². The van der Waals surface area contributed by atoms with Crippen molar-refractivity contribution in [2.75, 3.05) is 0 Å². The predicted octanol–water partition coefficient (Wildman–Crippen LogP) is -0.744. The molecule has 0 aliphatic heterocycles. The molecule has 0 atom stereocenters. The van der Waals surface area contributed by atoms with Gasteiger partial charge in [0.25, 0.3) is 0 Å². The van der Waals surface area contributed by atoms with Crippen LogP contribution in [0.2, 0.25) is 0 Å². The van der Waals surface area contributed by atoms with Gasteiger partial charge in [-0.1, -0.05) is 6.58 Å². The minimum Gasteiger partial charge on any atom is -0.302 e. The minimum atomic E-state index is 0.204. The summed E-state index contributed by atoms with van der Waals surface area (Å²) < 4.78 is 0. The van der Waals surface area contributed by atoms with Crippen LogP contribution in [0.1, 0.15) is 6.92 Å². The summed E-state index contributed by atoms with van der Waals surface area (Å²) in [5, 5.41) is 11.0. The molecule has 6 heteroatoms. The highest BCUT2D eigenvalue weighted by Gasteiger charge is 1.85. The van der Waals surface area contributed by atoms with E-state index in [2.05, 4.69) is 6.58 Å². The van der Waals surface area contributed by atoms with Crippen molar-refractivity contribution in [2.45, 2.75) is 6.92 Å². The van der Waals surface area contributed by atoms with Gasteiger partial charge in [0, 0.05) is 0 Å². The first-order valence-electron chi connectivity index (χ1n) is 2.72. The van der Waals surface area contributed by atoms with Crippen LogP contribution in [0.5, 0.6) is 0 Å². The van der Waals surface area contributed by atoms with Gasteiger partial charge in [-0.2, -0.15) is 0 Å². The van der Waals surface area contributed by atoms with Crippen LogP contribution in [0.15, 0.2) is 12.2 Å². The summed E-state index contributed by atoms with van der Waals surface area (Å²) in [5.41, 5.74) is 0.682. The molecule has 0 heterocycles. The maximum absolute atomic E-state index is 10.1. The highest BCUT2D eigenvalue weighted by atomic mass is 28.1. The summed E-state index contributed by atoms with van der Waals surface area (Å²) in [6, 6.07) is 0. The fourth-order valence-corrected chi connectivity index (χ4v) is 0. The monoisotopic (exact) mass is 186 g/mol. The van der Waals surface area contributed by atoms with Crippen molar-refractivity contribution in [3.05, 3.63) is 12.2 Å². The third-order valence-corrected chi connectivity index (χ3v) is 1.45. The molecule has 5 nitrogen and oxygen atoms in total. The molecule has 0 bridgehead atoms. The van der Waals surface area contributed by atoms with Gasteiger partial charge in [-0.15, -0.1) is 0 Å². The van der Waals surface area contributed by atoms with Gasteiger partial charge in [0.1, 0.15) is 5.41 Å². The van der Waals surface area contributed by atoms with E-state index in [0.29, 0.717) is 15.8 Å². The molecule has 0 unspecified atom stereocenters. The lowest BCUT2D eigenvalue weighted by Crippen LogP contribution is -1.93. The SMILES string of the molecule is C=C(C)C(=O)[SiH3].N=C=O.N=C=O. The Labute approximate surface area is 72.9 Å². The quantitative estimate of drug-likeness (QED) is 0.244. The second-order valence-electron chi connectivity index (χ2n) is 1.54. The highest BCUT2D eigenvalue weighted by molar-refractivity contribution is 6.62. The number of allylic oxidation sites excluding steroid dienone is 1. The van der Waals surface area contributed by atoms with Crippen molar-refractivity contribution < 1.29 is 14.4 Å². The summed E-state index contributed by atoms with van der Waals surface area (Å²) in [7, 11) is 0.615. The molecule has 0 aromatic rings. The van der Waals surface area contributed by atoms with Gasteiger partial charge < -0.3 is 4.79 Å². The summed E-state index contributed by atoms with van der Waals surface area (Å²) in [6.45, 7) is 5.17. The Hall–Kier alpha value is -1.61. The lowest BCUT2D eigenvalue weighted by molar-refractivity contribution is -0.108. The van der Waals surface area contributed by atoms with Crippen LogP contribution >= 0.6 is 0 Å². The molecule has 0 rings (SSSR count). The van der Waals surface area contributed by atoms with Crippen molar-refractivity contribution in [1.29, 1.82) is 10.8 Å². The Morgan fingerprint density at radius 2 is 1.42 bits per heavy atom. The first-order chi connectivity index (χ1) is 5.47. The molecule has 0 amide bonds. The van der Waals surface area contributed by atoms with Crippen molar-refractivity contribution in [3.8, 4) is 0 Å². The molecule has 0 aliphatic carbocycles. The topological polar surface area (TPSA) is 98.9 Å². The summed E-state index contributed by atoms with van der Waals surface area (Å²) >= 11 is 0. The molecule has 0 aliphatic rings. The molecule has 0 aromatic carbocycles. The predicted molar refractivity (Wildman–Crippen MR) is 46.6 cm³/mol. The zero-order valence-corrected chi connectivity index (χ0v) is 8.93. The molecule has 0 saturated heterocycles. The largest absolute Gasteiger partial charge is 0.302 e. The van der Waals surface area contributed by atoms with Gasteiger partial charge in [-0.25, -0.2) is 20.4 Å². The lowest BCUT2D eigenvalue weighted by atomic mass is 10.4. The Morgan fingerprint density at radius 1 is 1.33 bits per heavy atom. The molecule has 0 radical (unpaired) electrons. The normalized spacial score (nSPS) is 5.42. The molecule has 2 N–H and O–H groups in total. The Kier molecular flexibility index (Phi) is 22.6. The molecule has 0 spiro atoms. The van der Waals surface area contributed by atoms with Crippen LogP contribution in [-0.4, -0.2) is 27.8 Å². The molecule has 0 fully saturated rings. The van der Waals surface area contributed by atoms with E-state index < -0.39 is 0 Å². The van der Waals surface area contributed by atoms with Gasteiger partial charge in [0.05, 0.1) is 10.2 Å². The Balaban J connectivity index is -0.000000115. The zero-order valence-electron chi connectivity index (χ0n) is 6.93. The minimum absolute atomic E-state index is 0.204. The van der Waals surface area contributed by atoms with Crippen LogP contribution in [0.25, 0.3) is 0 Å². The van der Waals surface area contributed by atoms with E-state index in [9.17, 15) is 4.79 Å². The van der Waals surface area contributed by atoms with Gasteiger partial charge in [-0.3, -0.25) is 0 Å². The van der Waals surface area contributed by atoms with E-state index in [1.54, 1.807) is 6.92 Å². The number of nitrogens with one attached hydrogen (secondary N) is 2. The van der Waals surface area contributed by atoms with Crippen molar-refractivity contribution in [2.24, 2.45) is 0 Å². The number of carbonyl (C=O) groups is 1. The van der Waals surface area contributed by atoms with Crippen molar-refractivity contribution in [1.82, 2.24) is 0 Å². The van der Waals surface area contributed by atoms with Crippen LogP contribution in [0.4, 0.5) is 0 Å². The van der Waals surface area contributed by atoms with Crippen molar-refractivity contribution in [3.63, 3.8) is 0 Å². The first-order valence-corrected chi connectivity index (χ1v) is 3.72. The van der Waals surface area contributed by atoms with E-state index in [0.717, 1.165) is 12.2 Å². The summed E-state index contributed by atoms with van der Waals surface area (Å²) in [6.07, 6.45) is 1.50. The van der Waals surface area contributed by atoms with Gasteiger partial charge in [0.15, 0.2) is 0 Å². The molecule has 66 valence electrons. The van der Waals surface area contributed by atoms with E-state index in [-0.39, 0.29) is 5.41 Å². The number of isocyanates is 2. The first kappa shape index (κ1) is 16.8. The number of carbonyl (C=O) groups excluding carboxylic acids is 3. The zero-order chi connectivity index (χ0) is 10.6. The van der Waals surface area contributed by atoms with E-state index in [1.807, 2.05) is 0 Å². The fraction of sp³-hybridized carbons (Fsp3) is 0.167. The van der Waals surface area contributed by atoms with E-state index in [4.69, 9.17) is 20.4 Å². The fourth-order valence-electron chi connectivity index (χ4n) is 0. The van der Waals surface area contributed by atoms with Gasteiger partial charge >= 0.3 is 0 Å². The maximum Gasteiger partial charge on any atom is 0.231 e. The number of hydrogen-bond acceptors (Lipinski definition) is 5. The summed E-state index contributed by atoms with van der Waals surface area (Å²) in [5.74, 6) is 0. The third-order valence-electron chi connectivity index (χ3n) is 0.601. The van der Waals surface area contributed by atoms with E-state index >= 15 is 0 Å². The summed E-state index contributed by atoms with van der Waals surface area (Å²) in [4.78, 5) is 26.8. The molecule has 0 aromatic heterocycles. The lowest BCUT2D eigenvalue weighted by Gasteiger charge is -1.81. The number of rotatable bonds is 1. The van der Waals surface area contributed by atoms with Crippen LogP contribution in [0.3, 0.4) is 0 Å². The number of hydrogen-bond donors (Lipinski definition) is 2. The van der Waals surface area contributed by atoms with Gasteiger partial charge in [-0.05, 0) is 12.5 Å². The highest BCUT2D eigenvalue weighted by Crippen LogP contribution is 1.80. The smallest absolute Gasteiger partial charge is 0.231 e.